The smallest absolute Gasteiger partial charge is 0.223 e. The second-order valence-electron chi connectivity index (χ2n) is 14.6. The molecular weight excluding hydrogens is 704 g/mol. The van der Waals surface area contributed by atoms with E-state index in [1.54, 1.807) is 24.6 Å². The normalized spacial score (nSPS) is 11.8. The number of hydrogen-bond donors (Lipinski definition) is 4. The number of rotatable bonds is 6. The Morgan fingerprint density at radius 2 is 0.868 bits per heavy atom. The summed E-state index contributed by atoms with van der Waals surface area (Å²) < 4.78 is 2.95. The molecule has 4 N–H and O–H groups in total. The predicted molar refractivity (Wildman–Crippen MR) is 208 cm³/mol. The summed E-state index contributed by atoms with van der Waals surface area (Å²) in [6, 6.07) is 29.6. The van der Waals surface area contributed by atoms with Crippen LogP contribution >= 0.6 is 0 Å². The van der Waals surface area contributed by atoms with Crippen molar-refractivity contribution in [2.75, 3.05) is 0 Å². The van der Waals surface area contributed by atoms with Crippen LogP contribution in [0.3, 0.4) is 0 Å². The number of benzene rings is 4. The monoisotopic (exact) mass is 750 g/mol. The molecule has 0 amide bonds. The van der Waals surface area contributed by atoms with Crippen molar-refractivity contribution in [1.29, 1.82) is 0 Å². The molecule has 274 valence electrons. The number of aromatic nitrogens is 4. The fraction of sp³-hybridized carbons (Fsp3) is 0.238. The summed E-state index contributed by atoms with van der Waals surface area (Å²) in [5.74, 6) is 0.233. The van der Waals surface area contributed by atoms with Gasteiger partial charge in [0.25, 0.3) is 0 Å². The summed E-state index contributed by atoms with van der Waals surface area (Å²) >= 11 is 0. The van der Waals surface area contributed by atoms with E-state index in [9.17, 15) is 20.4 Å². The average molecular weight is 751 g/mol. The maximum atomic E-state index is 10.5. The van der Waals surface area contributed by atoms with Gasteiger partial charge in [0.1, 0.15) is 22.9 Å². The molecule has 0 unspecified atom stereocenters. The van der Waals surface area contributed by atoms with Gasteiger partial charge < -0.3 is 20.4 Å². The van der Waals surface area contributed by atoms with Gasteiger partial charge >= 0.3 is 0 Å². The number of nitrogens with zero attached hydrogens (tertiary/aromatic N) is 6. The number of hydrogen-bond acceptors (Lipinski definition) is 8. The van der Waals surface area contributed by atoms with E-state index in [1.807, 2.05) is 98.8 Å². The van der Waals surface area contributed by atoms with Crippen LogP contribution in [-0.4, -0.2) is 52.4 Å². The maximum absolute atomic E-state index is 10.5. The second kappa shape index (κ2) is 16.4. The SMILES string of the molecule is Cc1nn(-c2ccccc2)c(O)c1C=Nc1cc(C(C)(C)C)ccc1O.Cc1nn(-c2ccccc2)c(O)c1C=Nc1cc(C(C)(C)C)ccc1O.[Cr]. The Hall–Kier alpha value is -5.63. The number of phenolic OH excluding ortho intramolecular Hbond substituents is 2. The Balaban J connectivity index is 0.000000232. The maximum Gasteiger partial charge on any atom is 0.223 e. The first kappa shape index (κ1) is 40.1. The quantitative estimate of drug-likeness (QED) is 0.125. The molecule has 0 bridgehead atoms. The molecule has 6 aromatic rings. The third kappa shape index (κ3) is 9.43. The first-order valence-electron chi connectivity index (χ1n) is 17.0. The van der Waals surface area contributed by atoms with Crippen LogP contribution in [0.25, 0.3) is 11.4 Å². The molecule has 4 aromatic carbocycles. The number of aliphatic imine (C=N–C) groups is 2. The Morgan fingerprint density at radius 3 is 1.19 bits per heavy atom. The summed E-state index contributed by atoms with van der Waals surface area (Å²) in [7, 11) is 0. The summed E-state index contributed by atoms with van der Waals surface area (Å²) in [5, 5.41) is 50.1. The van der Waals surface area contributed by atoms with E-state index in [4.69, 9.17) is 0 Å². The minimum atomic E-state index is -0.0474. The van der Waals surface area contributed by atoms with Gasteiger partial charge in [-0.1, -0.05) is 90.1 Å². The molecular formula is C42H46CrN6O4. The van der Waals surface area contributed by atoms with Gasteiger partial charge in [0.2, 0.25) is 11.8 Å². The van der Waals surface area contributed by atoms with Crippen molar-refractivity contribution in [2.24, 2.45) is 9.98 Å². The summed E-state index contributed by atoms with van der Waals surface area (Å²) in [6.07, 6.45) is 3.08. The molecule has 0 aliphatic rings. The molecule has 0 atom stereocenters. The van der Waals surface area contributed by atoms with Crippen LogP contribution in [0.1, 0.15) is 75.2 Å². The zero-order chi connectivity index (χ0) is 37.8. The van der Waals surface area contributed by atoms with Gasteiger partial charge in [0.15, 0.2) is 0 Å². The van der Waals surface area contributed by atoms with Gasteiger partial charge in [-0.3, -0.25) is 9.98 Å². The fourth-order valence-electron chi connectivity index (χ4n) is 5.31. The molecule has 0 aliphatic heterocycles. The number of aromatic hydroxyl groups is 4. The zero-order valence-corrected chi connectivity index (χ0v) is 32.5. The van der Waals surface area contributed by atoms with Crippen molar-refractivity contribution in [2.45, 2.75) is 66.2 Å². The molecule has 0 aliphatic carbocycles. The topological polar surface area (TPSA) is 141 Å². The molecule has 0 fully saturated rings. The fourth-order valence-corrected chi connectivity index (χ4v) is 5.31. The molecule has 2 heterocycles. The minimum Gasteiger partial charge on any atom is -0.506 e. The van der Waals surface area contributed by atoms with E-state index >= 15 is 0 Å². The van der Waals surface area contributed by atoms with Gasteiger partial charge in [-0.25, -0.2) is 9.36 Å². The standard InChI is InChI=1S/2C21H23N3O2.Cr/c2*1-14-17(20(26)24(23-14)16-8-6-5-7-9-16)13-22-18-12-15(21(2,3)4)10-11-19(18)25;/h2*5-13,25-26H,1-4H3;. The Kier molecular flexibility index (Phi) is 12.4. The Morgan fingerprint density at radius 1 is 0.528 bits per heavy atom. The molecule has 0 saturated carbocycles. The van der Waals surface area contributed by atoms with Crippen molar-refractivity contribution in [3.8, 4) is 34.6 Å². The Labute approximate surface area is 321 Å². The van der Waals surface area contributed by atoms with Crippen molar-refractivity contribution in [3.63, 3.8) is 0 Å². The number of para-hydroxylation sites is 2. The molecule has 0 radical (unpaired) electrons. The van der Waals surface area contributed by atoms with Crippen LogP contribution in [0.2, 0.25) is 0 Å². The Bertz CT molecular complexity index is 2070. The number of phenols is 2. The summed E-state index contributed by atoms with van der Waals surface area (Å²) in [4.78, 5) is 8.78. The van der Waals surface area contributed by atoms with E-state index in [2.05, 4.69) is 61.7 Å². The second-order valence-corrected chi connectivity index (χ2v) is 14.6. The van der Waals surface area contributed by atoms with Gasteiger partial charge in [-0.2, -0.15) is 10.2 Å². The van der Waals surface area contributed by atoms with Gasteiger partial charge in [-0.15, -0.1) is 0 Å². The molecule has 53 heavy (non-hydrogen) atoms. The van der Waals surface area contributed by atoms with Crippen molar-refractivity contribution in [1.82, 2.24) is 19.6 Å². The van der Waals surface area contributed by atoms with Gasteiger partial charge in [0.05, 0.1) is 33.9 Å². The van der Waals surface area contributed by atoms with E-state index in [0.717, 1.165) is 22.5 Å². The van der Waals surface area contributed by atoms with Crippen LogP contribution in [0.15, 0.2) is 107 Å². The van der Waals surface area contributed by atoms with Crippen molar-refractivity contribution >= 4 is 23.8 Å². The van der Waals surface area contributed by atoms with Gasteiger partial charge in [0, 0.05) is 29.8 Å². The third-order valence-electron chi connectivity index (χ3n) is 8.51. The summed E-state index contributed by atoms with van der Waals surface area (Å²) in [6.45, 7) is 16.2. The molecule has 11 heteroatoms. The van der Waals surface area contributed by atoms with Crippen LogP contribution in [-0.2, 0) is 28.2 Å². The first-order chi connectivity index (χ1) is 24.5. The van der Waals surface area contributed by atoms with Crippen molar-refractivity contribution < 1.29 is 37.8 Å². The van der Waals surface area contributed by atoms with E-state index < -0.39 is 0 Å². The van der Waals surface area contributed by atoms with E-state index in [-0.39, 0.29) is 51.5 Å². The zero-order valence-electron chi connectivity index (χ0n) is 31.3. The number of aryl methyl sites for hydroxylation is 2. The molecule has 0 saturated heterocycles. The van der Waals surface area contributed by atoms with Gasteiger partial charge in [-0.05, 0) is 84.3 Å². The largest absolute Gasteiger partial charge is 0.506 e. The first-order valence-corrected chi connectivity index (χ1v) is 17.0. The molecule has 10 nitrogen and oxygen atoms in total. The van der Waals surface area contributed by atoms with E-state index in [1.165, 1.54) is 9.36 Å². The van der Waals surface area contributed by atoms with Crippen LogP contribution in [0, 0.1) is 13.8 Å². The molecule has 0 spiro atoms. The molecule has 2 aromatic heterocycles. The third-order valence-corrected chi connectivity index (χ3v) is 8.51. The summed E-state index contributed by atoms with van der Waals surface area (Å²) in [5.41, 5.74) is 6.87. The van der Waals surface area contributed by atoms with Crippen LogP contribution in [0.4, 0.5) is 11.4 Å². The predicted octanol–water partition coefficient (Wildman–Crippen LogP) is 9.28. The molecule has 6 rings (SSSR count). The minimum absolute atomic E-state index is 0. The van der Waals surface area contributed by atoms with E-state index in [0.29, 0.717) is 33.9 Å². The average Bonchev–Trinajstić information content (AvgIpc) is 3.56. The van der Waals surface area contributed by atoms with Crippen LogP contribution < -0.4 is 0 Å². The van der Waals surface area contributed by atoms with Crippen molar-refractivity contribution in [3.05, 3.63) is 131 Å². The van der Waals surface area contributed by atoms with Crippen LogP contribution in [0.5, 0.6) is 23.3 Å².